The number of amides is 2. The van der Waals surface area contributed by atoms with Gasteiger partial charge in [0.15, 0.2) is 0 Å². The molecule has 7 fully saturated rings. The van der Waals surface area contributed by atoms with Gasteiger partial charge in [-0.2, -0.15) is 0 Å². The van der Waals surface area contributed by atoms with Gasteiger partial charge in [0.2, 0.25) is 5.91 Å². The molecule has 2 spiro atoms. The third-order valence-corrected chi connectivity index (χ3v) is 18.5. The van der Waals surface area contributed by atoms with E-state index in [0.29, 0.717) is 64.8 Å². The summed E-state index contributed by atoms with van der Waals surface area (Å²) in [5.41, 5.74) is 10.6. The number of hydrazine groups is 1. The van der Waals surface area contributed by atoms with Crippen LogP contribution in [0.3, 0.4) is 0 Å². The molecule has 17 heteroatoms. The number of aromatic nitrogens is 2. The van der Waals surface area contributed by atoms with Crippen molar-refractivity contribution in [2.45, 2.75) is 122 Å². The van der Waals surface area contributed by atoms with E-state index in [1.807, 2.05) is 6.20 Å². The first-order chi connectivity index (χ1) is 35.7. The van der Waals surface area contributed by atoms with Gasteiger partial charge in [0, 0.05) is 125 Å². The first-order valence-electron chi connectivity index (χ1n) is 28.2. The van der Waals surface area contributed by atoms with Gasteiger partial charge in [-0.05, 0) is 119 Å². The zero-order valence-electron chi connectivity index (χ0n) is 45.6. The Morgan fingerprint density at radius 2 is 1.86 bits per heavy atom. The second kappa shape index (κ2) is 22.0. The van der Waals surface area contributed by atoms with Crippen molar-refractivity contribution in [2.75, 3.05) is 129 Å². The van der Waals surface area contributed by atoms with Crippen molar-refractivity contribution in [2.24, 2.45) is 22.7 Å². The summed E-state index contributed by atoms with van der Waals surface area (Å²) in [5.74, 6) is 0.485. The number of likely N-dealkylation sites (N-methyl/N-ethyl adjacent to an activating group) is 1. The Hall–Kier alpha value is -4.20. The average Bonchev–Trinajstić information content (AvgIpc) is 4.10. The summed E-state index contributed by atoms with van der Waals surface area (Å²) in [4.78, 5) is 59.4. The topological polar surface area (TPSA) is 160 Å². The fraction of sp³-hybridized carbons (Fsp3) is 0.719. The molecule has 2 unspecified atom stereocenters. The molecule has 7 aliphatic rings. The van der Waals surface area contributed by atoms with Crippen molar-refractivity contribution in [1.82, 2.24) is 40.0 Å². The highest BCUT2D eigenvalue weighted by Gasteiger charge is 2.64. The Morgan fingerprint density at radius 1 is 1.07 bits per heavy atom. The normalized spacial score (nSPS) is 26.4. The van der Waals surface area contributed by atoms with Gasteiger partial charge < -0.3 is 48.7 Å². The van der Waals surface area contributed by atoms with Crippen molar-refractivity contribution < 1.29 is 33.7 Å². The van der Waals surface area contributed by atoms with Crippen LogP contribution in [0, 0.1) is 22.7 Å². The first kappa shape index (κ1) is 53.2. The number of hydrogen-bond donors (Lipinski definition) is 3. The van der Waals surface area contributed by atoms with Crippen LogP contribution in [0.4, 0.5) is 11.4 Å². The number of fused-ring (bicyclic) bond motifs is 1. The first-order valence-corrected chi connectivity index (χ1v) is 28.2. The maximum atomic E-state index is 15.2. The number of carbonyl (C=O) groups excluding carboxylic acids is 3. The molecule has 7 aliphatic heterocycles. The molecular formula is C57H86N10O7. The summed E-state index contributed by atoms with van der Waals surface area (Å²) >= 11 is 0. The van der Waals surface area contributed by atoms with Crippen LogP contribution in [-0.2, 0) is 41.6 Å². The smallest absolute Gasteiger partial charge is 0.260 e. The van der Waals surface area contributed by atoms with Gasteiger partial charge in [-0.15, -0.1) is 0 Å². The molecule has 0 aliphatic carbocycles. The van der Waals surface area contributed by atoms with E-state index in [0.717, 1.165) is 143 Å². The second-order valence-electron chi connectivity index (χ2n) is 24.0. The Kier molecular flexibility index (Phi) is 15.8. The predicted octanol–water partition coefficient (Wildman–Crippen LogP) is 4.73. The number of morpholine rings is 1. The Labute approximate surface area is 439 Å². The third-order valence-electron chi connectivity index (χ3n) is 18.5. The number of likely N-dealkylation sites (tertiary alicyclic amines) is 2. The molecule has 0 saturated carbocycles. The van der Waals surface area contributed by atoms with E-state index < -0.39 is 6.04 Å². The number of anilines is 2. The van der Waals surface area contributed by atoms with Gasteiger partial charge in [-0.25, -0.2) is 5.43 Å². The maximum absolute atomic E-state index is 15.2. The maximum Gasteiger partial charge on any atom is 0.260 e. The van der Waals surface area contributed by atoms with E-state index in [4.69, 9.17) is 19.2 Å². The van der Waals surface area contributed by atoms with Gasteiger partial charge in [0.05, 0.1) is 68.5 Å². The molecule has 0 bridgehead atoms. The van der Waals surface area contributed by atoms with Crippen LogP contribution in [0.15, 0.2) is 30.5 Å². The average molecular weight is 1020 g/mol. The second-order valence-corrected chi connectivity index (χ2v) is 24.0. The number of nitrogens with zero attached hydrogens (tertiary/aromatic N) is 8. The summed E-state index contributed by atoms with van der Waals surface area (Å²) in [6.45, 7) is 22.8. The number of pyridine rings is 1. The minimum absolute atomic E-state index is 0.0158. The Bertz CT molecular complexity index is 2480. The molecule has 2 amide bonds. The zero-order chi connectivity index (χ0) is 51.9. The quantitative estimate of drug-likeness (QED) is 0.126. The molecule has 1 aromatic carbocycles. The highest BCUT2D eigenvalue weighted by molar-refractivity contribution is 5.95. The lowest BCUT2D eigenvalue weighted by Crippen LogP contribution is -2.73. The monoisotopic (exact) mass is 1020 g/mol. The molecule has 7 saturated heterocycles. The molecule has 74 heavy (non-hydrogen) atoms. The summed E-state index contributed by atoms with van der Waals surface area (Å²) in [7, 11) is 3.94. The van der Waals surface area contributed by atoms with Crippen molar-refractivity contribution in [3.8, 4) is 11.3 Å². The standard InChI is InChI=1S/C57H86N10O7/c1-8-65-47-14-13-41(29-43(47)45(31-55(4,5)16-12-25-68)52(65)44-30-42(63-23-27-73-28-24-63)32-58-49(44)40(3)72-7)62(22-26-69)21-15-48(64-34-56(35-64)37-74-38-56)50(54(71)67-20-10-9-18-59-67)60-53(70)51-39(2)46-33-61(6)36-57(46)17-11-19-66(51)57/h13-14,25,29-30,32,39-40,46,48,50-51,59,69H,8-12,15-24,26-28,31,33-38H2,1-7H3,(H,60,70)/t39?,40-,46?,48+,50-,51-,57-/m0/s1. The lowest BCUT2D eigenvalue weighted by atomic mass is 9.76. The molecule has 0 radical (unpaired) electrons. The van der Waals surface area contributed by atoms with Crippen molar-refractivity contribution in [3.63, 3.8) is 0 Å². The molecule has 10 rings (SSSR count). The number of carbonyl (C=O) groups is 3. The lowest BCUT2D eigenvalue weighted by molar-refractivity contribution is -0.202. The van der Waals surface area contributed by atoms with Gasteiger partial charge in [0.25, 0.3) is 5.91 Å². The molecule has 17 nitrogen and oxygen atoms in total. The number of nitrogens with one attached hydrogen (secondary N) is 2. The van der Waals surface area contributed by atoms with E-state index in [9.17, 15) is 9.90 Å². The van der Waals surface area contributed by atoms with Crippen LogP contribution >= 0.6 is 0 Å². The molecule has 406 valence electrons. The van der Waals surface area contributed by atoms with Crippen LogP contribution < -0.4 is 20.5 Å². The van der Waals surface area contributed by atoms with Gasteiger partial charge >= 0.3 is 0 Å². The Morgan fingerprint density at radius 3 is 2.55 bits per heavy atom. The number of hydrogen-bond acceptors (Lipinski definition) is 14. The number of ether oxygens (including phenoxy) is 3. The lowest BCUT2D eigenvalue weighted by Gasteiger charge is -2.58. The number of aldehydes is 1. The van der Waals surface area contributed by atoms with E-state index in [-0.39, 0.29) is 58.9 Å². The molecule has 9 heterocycles. The van der Waals surface area contributed by atoms with Crippen LogP contribution in [0.5, 0.6) is 0 Å². The van der Waals surface area contributed by atoms with Crippen molar-refractivity contribution >= 4 is 40.4 Å². The number of aliphatic hydroxyl groups excluding tert-OH is 1. The van der Waals surface area contributed by atoms with E-state index in [1.54, 1.807) is 12.1 Å². The minimum Gasteiger partial charge on any atom is -0.395 e. The highest BCUT2D eigenvalue weighted by atomic mass is 16.5. The molecule has 3 aromatic rings. The van der Waals surface area contributed by atoms with E-state index in [1.165, 1.54) is 5.56 Å². The zero-order valence-corrected chi connectivity index (χ0v) is 45.6. The molecule has 7 atom stereocenters. The number of rotatable bonds is 21. The molecular weight excluding hydrogens is 937 g/mol. The van der Waals surface area contributed by atoms with Gasteiger partial charge in [-0.3, -0.25) is 29.4 Å². The predicted molar refractivity (Wildman–Crippen MR) is 288 cm³/mol. The highest BCUT2D eigenvalue weighted by Crippen LogP contribution is 2.53. The molecule has 2 aromatic heterocycles. The van der Waals surface area contributed by atoms with Gasteiger partial charge in [-0.1, -0.05) is 20.8 Å². The number of benzene rings is 1. The SMILES string of the molecule is CCn1c(-c2cc(N3CCOCC3)cnc2[C@H](C)OC)c(CC(C)(C)CCC=O)c2cc(N(CCO)CC[C@H]([C@H](NC(=O)[C@@H]3C(C)C4CN(C)C[C@@]45CCCN35)C(=O)N3CCCCN3)N3CC4(COC4)C3)ccc21. The number of aliphatic hydroxyl groups is 1. The molecule has 3 N–H and O–H groups in total. The van der Waals surface area contributed by atoms with Gasteiger partial charge in [0.1, 0.15) is 12.3 Å². The van der Waals surface area contributed by atoms with Crippen LogP contribution in [0.25, 0.3) is 22.2 Å². The van der Waals surface area contributed by atoms with Crippen LogP contribution in [-0.4, -0.2) is 195 Å². The van der Waals surface area contributed by atoms with Crippen molar-refractivity contribution in [1.29, 1.82) is 0 Å². The summed E-state index contributed by atoms with van der Waals surface area (Å²) in [5, 5.41) is 17.3. The summed E-state index contributed by atoms with van der Waals surface area (Å²) in [6.07, 6.45) is 9.36. The third kappa shape index (κ3) is 10.0. The fourth-order valence-electron chi connectivity index (χ4n) is 14.7. The largest absolute Gasteiger partial charge is 0.395 e. The van der Waals surface area contributed by atoms with Crippen LogP contribution in [0.2, 0.25) is 0 Å². The number of aryl methyl sites for hydroxylation is 1. The Balaban J connectivity index is 1.02. The van der Waals surface area contributed by atoms with Crippen molar-refractivity contribution in [3.05, 3.63) is 41.7 Å². The van der Waals surface area contributed by atoms with Crippen LogP contribution in [0.1, 0.15) is 96.9 Å². The number of methoxy groups -OCH3 is 1. The minimum atomic E-state index is -0.773. The van der Waals surface area contributed by atoms with E-state index >= 15 is 9.59 Å². The summed E-state index contributed by atoms with van der Waals surface area (Å²) < 4.78 is 19.9. The summed E-state index contributed by atoms with van der Waals surface area (Å²) in [6, 6.07) is 7.64. The van der Waals surface area contributed by atoms with E-state index in [2.05, 4.69) is 106 Å². The fourth-order valence-corrected chi connectivity index (χ4v) is 14.7.